The van der Waals surface area contributed by atoms with Gasteiger partial charge in [-0.25, -0.2) is 0 Å². The molecule has 1 fully saturated rings. The molecule has 1 amide bonds. The number of carbonyl (C=O) groups excluding carboxylic acids is 2. The lowest BCUT2D eigenvalue weighted by atomic mass is 9.96. The van der Waals surface area contributed by atoms with Crippen LogP contribution in [0.2, 0.25) is 0 Å². The van der Waals surface area contributed by atoms with E-state index in [1.54, 1.807) is 36.3 Å². The third-order valence-corrected chi connectivity index (χ3v) is 3.96. The lowest BCUT2D eigenvalue weighted by molar-refractivity contribution is -0.123. The number of nitrogens with zero attached hydrogens (tertiary/aromatic N) is 1. The number of ketones is 1. The lowest BCUT2D eigenvalue weighted by Crippen LogP contribution is -2.27. The van der Waals surface area contributed by atoms with Crippen LogP contribution < -0.4 is 4.74 Å². The number of fused-ring (bicyclic) bond motifs is 1. The normalized spacial score (nSPS) is 19.3. The number of hydrogen-bond acceptors (Lipinski definition) is 3. The molecule has 1 aromatic carbocycles. The number of carbonyl (C=O) groups is 2. The fraction of sp³-hybridized carbons (Fsp3) is 0.263. The molecule has 1 aliphatic heterocycles. The van der Waals surface area contributed by atoms with Crippen molar-refractivity contribution in [2.24, 2.45) is 5.92 Å². The Hall–Kier alpha value is -2.62. The van der Waals surface area contributed by atoms with Crippen molar-refractivity contribution in [1.82, 2.24) is 4.90 Å². The molecule has 1 heterocycles. The topological polar surface area (TPSA) is 46.6 Å². The SMILES string of the molecule is C.COc1cccc(/C=C/C(=O)N2CCC3C(=O)C=CC=C32)c1. The third kappa shape index (κ3) is 3.42. The van der Waals surface area contributed by atoms with Crippen molar-refractivity contribution >= 4 is 17.8 Å². The molecule has 0 radical (unpaired) electrons. The average molecular weight is 311 g/mol. The van der Waals surface area contributed by atoms with Crippen LogP contribution in [0, 0.1) is 5.92 Å². The zero-order valence-electron chi connectivity index (χ0n) is 12.4. The quantitative estimate of drug-likeness (QED) is 0.805. The highest BCUT2D eigenvalue weighted by Crippen LogP contribution is 2.31. The summed E-state index contributed by atoms with van der Waals surface area (Å²) in [6, 6.07) is 7.50. The van der Waals surface area contributed by atoms with E-state index in [-0.39, 0.29) is 25.0 Å². The second-order valence-electron chi connectivity index (χ2n) is 5.29. The van der Waals surface area contributed by atoms with Gasteiger partial charge in [-0.15, -0.1) is 0 Å². The van der Waals surface area contributed by atoms with Crippen LogP contribution >= 0.6 is 0 Å². The van der Waals surface area contributed by atoms with Crippen LogP contribution in [0.25, 0.3) is 6.08 Å². The van der Waals surface area contributed by atoms with Crippen molar-refractivity contribution in [3.63, 3.8) is 0 Å². The molecule has 0 aromatic heterocycles. The van der Waals surface area contributed by atoms with Crippen LogP contribution in [-0.2, 0) is 9.59 Å². The predicted molar refractivity (Wildman–Crippen MR) is 90.8 cm³/mol. The second-order valence-corrected chi connectivity index (χ2v) is 5.29. The molecule has 0 saturated carbocycles. The molecule has 1 aliphatic carbocycles. The molecule has 1 aromatic rings. The Morgan fingerprint density at radius 1 is 1.39 bits per heavy atom. The van der Waals surface area contributed by atoms with E-state index in [1.807, 2.05) is 30.3 Å². The first-order valence-corrected chi connectivity index (χ1v) is 7.25. The van der Waals surface area contributed by atoms with Gasteiger partial charge in [0.1, 0.15) is 5.75 Å². The number of methoxy groups -OCH3 is 1. The summed E-state index contributed by atoms with van der Waals surface area (Å²) >= 11 is 0. The number of hydrogen-bond donors (Lipinski definition) is 0. The number of allylic oxidation sites excluding steroid dienone is 4. The minimum Gasteiger partial charge on any atom is -0.497 e. The van der Waals surface area contributed by atoms with Gasteiger partial charge < -0.3 is 9.64 Å². The van der Waals surface area contributed by atoms with Crippen LogP contribution in [0.3, 0.4) is 0 Å². The Morgan fingerprint density at radius 3 is 3.00 bits per heavy atom. The van der Waals surface area contributed by atoms with E-state index in [9.17, 15) is 9.59 Å². The molecular formula is C19H21NO3. The Bertz CT molecular complexity index is 700. The summed E-state index contributed by atoms with van der Waals surface area (Å²) in [4.78, 5) is 25.8. The van der Waals surface area contributed by atoms with Gasteiger partial charge in [-0.3, -0.25) is 9.59 Å². The molecule has 0 N–H and O–H groups in total. The highest BCUT2D eigenvalue weighted by atomic mass is 16.5. The summed E-state index contributed by atoms with van der Waals surface area (Å²) in [5.41, 5.74) is 1.71. The first kappa shape index (κ1) is 16.7. The van der Waals surface area contributed by atoms with Gasteiger partial charge in [0, 0.05) is 18.3 Å². The average Bonchev–Trinajstić information content (AvgIpc) is 2.98. The van der Waals surface area contributed by atoms with E-state index in [1.165, 1.54) is 0 Å². The van der Waals surface area contributed by atoms with Gasteiger partial charge in [-0.1, -0.05) is 25.6 Å². The summed E-state index contributed by atoms with van der Waals surface area (Å²) < 4.78 is 5.16. The summed E-state index contributed by atoms with van der Waals surface area (Å²) in [6.07, 6.45) is 9.16. The van der Waals surface area contributed by atoms with Gasteiger partial charge in [0.15, 0.2) is 5.78 Å². The second kappa shape index (κ2) is 7.09. The zero-order valence-corrected chi connectivity index (χ0v) is 12.4. The smallest absolute Gasteiger partial charge is 0.250 e. The Balaban J connectivity index is 0.00000192. The lowest BCUT2D eigenvalue weighted by Gasteiger charge is -2.19. The first-order chi connectivity index (χ1) is 10.7. The molecule has 4 heteroatoms. The zero-order chi connectivity index (χ0) is 15.5. The van der Waals surface area contributed by atoms with Gasteiger partial charge >= 0.3 is 0 Å². The van der Waals surface area contributed by atoms with Crippen molar-refractivity contribution < 1.29 is 14.3 Å². The van der Waals surface area contributed by atoms with E-state index < -0.39 is 0 Å². The summed E-state index contributed by atoms with van der Waals surface area (Å²) in [7, 11) is 1.61. The van der Waals surface area contributed by atoms with E-state index in [0.717, 1.165) is 17.0 Å². The summed E-state index contributed by atoms with van der Waals surface area (Å²) in [5, 5.41) is 0. The maximum absolute atomic E-state index is 12.4. The first-order valence-electron chi connectivity index (χ1n) is 7.25. The van der Waals surface area contributed by atoms with Crippen molar-refractivity contribution in [3.8, 4) is 5.75 Å². The molecule has 3 rings (SSSR count). The van der Waals surface area contributed by atoms with Crippen molar-refractivity contribution in [2.75, 3.05) is 13.7 Å². The number of amides is 1. The summed E-state index contributed by atoms with van der Waals surface area (Å²) in [5.74, 6) is 0.588. The van der Waals surface area contributed by atoms with Crippen molar-refractivity contribution in [2.45, 2.75) is 13.8 Å². The molecule has 1 atom stereocenters. The summed E-state index contributed by atoms with van der Waals surface area (Å²) in [6.45, 7) is 0.588. The van der Waals surface area contributed by atoms with Gasteiger partial charge in [-0.2, -0.15) is 0 Å². The fourth-order valence-corrected chi connectivity index (χ4v) is 2.82. The van der Waals surface area contributed by atoms with Gasteiger partial charge in [-0.05, 0) is 42.3 Å². The number of benzene rings is 1. The molecule has 2 aliphatic rings. The van der Waals surface area contributed by atoms with Gasteiger partial charge in [0.25, 0.3) is 5.91 Å². The number of rotatable bonds is 3. The highest BCUT2D eigenvalue weighted by molar-refractivity contribution is 5.99. The molecule has 1 unspecified atom stereocenters. The molecule has 1 saturated heterocycles. The standard InChI is InChI=1S/C18H17NO3.CH4/c1-22-14-5-2-4-13(12-14)8-9-18(21)19-11-10-15-16(19)6-3-7-17(15)20;/h2-9,12,15H,10-11H2,1H3;1H4/b9-8+;. The highest BCUT2D eigenvalue weighted by Gasteiger charge is 2.35. The van der Waals surface area contributed by atoms with Crippen molar-refractivity contribution in [3.05, 3.63) is 59.8 Å². The molecular weight excluding hydrogens is 290 g/mol. The van der Waals surface area contributed by atoms with Gasteiger partial charge in [0.2, 0.25) is 0 Å². The van der Waals surface area contributed by atoms with Gasteiger partial charge in [0.05, 0.1) is 13.0 Å². The van der Waals surface area contributed by atoms with E-state index in [2.05, 4.69) is 0 Å². The van der Waals surface area contributed by atoms with Crippen LogP contribution in [0.1, 0.15) is 19.4 Å². The molecule has 23 heavy (non-hydrogen) atoms. The van der Waals surface area contributed by atoms with Crippen LogP contribution in [-0.4, -0.2) is 30.2 Å². The minimum absolute atomic E-state index is 0. The maximum atomic E-state index is 12.4. The van der Waals surface area contributed by atoms with E-state index >= 15 is 0 Å². The molecule has 4 nitrogen and oxygen atoms in total. The fourth-order valence-electron chi connectivity index (χ4n) is 2.82. The molecule has 0 bridgehead atoms. The Labute approximate surface area is 136 Å². The number of ether oxygens (including phenoxy) is 1. The third-order valence-electron chi connectivity index (χ3n) is 3.96. The van der Waals surface area contributed by atoms with Crippen LogP contribution in [0.5, 0.6) is 5.75 Å². The monoisotopic (exact) mass is 311 g/mol. The predicted octanol–water partition coefficient (Wildman–Crippen LogP) is 3.22. The molecule has 0 spiro atoms. The number of likely N-dealkylation sites (tertiary alicyclic amines) is 1. The molecule has 120 valence electrons. The largest absolute Gasteiger partial charge is 0.497 e. The van der Waals surface area contributed by atoms with Crippen molar-refractivity contribution in [1.29, 1.82) is 0 Å². The van der Waals surface area contributed by atoms with Crippen LogP contribution in [0.15, 0.2) is 54.3 Å². The van der Waals surface area contributed by atoms with E-state index in [0.29, 0.717) is 13.0 Å². The van der Waals surface area contributed by atoms with Crippen LogP contribution in [0.4, 0.5) is 0 Å². The Morgan fingerprint density at radius 2 is 2.22 bits per heavy atom. The maximum Gasteiger partial charge on any atom is 0.250 e. The van der Waals surface area contributed by atoms with E-state index in [4.69, 9.17) is 4.74 Å². The minimum atomic E-state index is -0.154. The Kier molecular flexibility index (Phi) is 5.16.